The normalized spacial score (nSPS) is 11.3. The standard InChI is InChI=1S/C30H30N2O5/c1-5-35-24-13-7-21(8-14-24)27-18-37-29-17-28(36-6-2)25(16-26(27)29)19(3)15-30(34)32-23-11-9-22(10-12-23)31-20(4)33/h7-18H,5-6H2,1-4H3,(H,31,33)(H,32,34)/b19-15+. The molecule has 7 nitrogen and oxygen atoms in total. The molecular formula is C30H30N2O5. The molecule has 1 heterocycles. The molecule has 190 valence electrons. The first kappa shape index (κ1) is 25.6. The zero-order chi connectivity index (χ0) is 26.4. The topological polar surface area (TPSA) is 89.8 Å². The van der Waals surface area contributed by atoms with Gasteiger partial charge in [-0.2, -0.15) is 0 Å². The Bertz CT molecular complexity index is 1430. The summed E-state index contributed by atoms with van der Waals surface area (Å²) >= 11 is 0. The second-order valence-corrected chi connectivity index (χ2v) is 8.46. The van der Waals surface area contributed by atoms with Crippen LogP contribution < -0.4 is 20.1 Å². The van der Waals surface area contributed by atoms with Crippen LogP contribution in [0.15, 0.2) is 77.4 Å². The van der Waals surface area contributed by atoms with Crippen molar-refractivity contribution in [3.05, 3.63) is 78.6 Å². The van der Waals surface area contributed by atoms with Crippen molar-refractivity contribution in [2.45, 2.75) is 27.7 Å². The molecule has 3 aromatic carbocycles. The van der Waals surface area contributed by atoms with Crippen LogP contribution in [0.25, 0.3) is 27.7 Å². The van der Waals surface area contributed by atoms with Gasteiger partial charge in [-0.1, -0.05) is 12.1 Å². The average molecular weight is 499 g/mol. The maximum absolute atomic E-state index is 12.8. The third-order valence-electron chi connectivity index (χ3n) is 5.70. The van der Waals surface area contributed by atoms with Gasteiger partial charge < -0.3 is 24.5 Å². The highest BCUT2D eigenvalue weighted by Crippen LogP contribution is 2.38. The Labute approximate surface area is 216 Å². The monoisotopic (exact) mass is 498 g/mol. The van der Waals surface area contributed by atoms with Crippen molar-refractivity contribution in [2.24, 2.45) is 0 Å². The number of allylic oxidation sites excluding steroid dienone is 1. The second kappa shape index (κ2) is 11.5. The van der Waals surface area contributed by atoms with Crippen LogP contribution in [0.1, 0.15) is 33.3 Å². The number of rotatable bonds is 9. The van der Waals surface area contributed by atoms with Gasteiger partial charge in [-0.05, 0) is 74.4 Å². The predicted octanol–water partition coefficient (Wildman–Crippen LogP) is 6.90. The van der Waals surface area contributed by atoms with Gasteiger partial charge in [0.2, 0.25) is 11.8 Å². The van der Waals surface area contributed by atoms with Crippen LogP contribution in [0.2, 0.25) is 0 Å². The first-order valence-electron chi connectivity index (χ1n) is 12.2. The number of carbonyl (C=O) groups excluding carboxylic acids is 2. The Balaban J connectivity index is 1.62. The van der Waals surface area contributed by atoms with E-state index in [1.807, 2.05) is 57.2 Å². The van der Waals surface area contributed by atoms with E-state index in [0.29, 0.717) is 35.9 Å². The molecule has 37 heavy (non-hydrogen) atoms. The van der Waals surface area contributed by atoms with Crippen LogP contribution in [0.5, 0.6) is 11.5 Å². The molecule has 7 heteroatoms. The Morgan fingerprint density at radius 2 is 1.51 bits per heavy atom. The van der Waals surface area contributed by atoms with Crippen molar-refractivity contribution >= 4 is 39.7 Å². The SMILES string of the molecule is CCOc1ccc(-c2coc3cc(OCC)c(/C(C)=C/C(=O)Nc4ccc(NC(C)=O)cc4)cc23)cc1. The number of nitrogens with one attached hydrogen (secondary N) is 2. The summed E-state index contributed by atoms with van der Waals surface area (Å²) in [7, 11) is 0. The molecule has 1 aromatic heterocycles. The number of hydrogen-bond acceptors (Lipinski definition) is 5. The quantitative estimate of drug-likeness (QED) is 0.245. The minimum absolute atomic E-state index is 0.152. The van der Waals surface area contributed by atoms with E-state index in [4.69, 9.17) is 13.9 Å². The molecule has 0 unspecified atom stereocenters. The van der Waals surface area contributed by atoms with Crippen molar-refractivity contribution in [2.75, 3.05) is 23.8 Å². The van der Waals surface area contributed by atoms with Crippen molar-refractivity contribution in [3.8, 4) is 22.6 Å². The zero-order valence-corrected chi connectivity index (χ0v) is 21.4. The fourth-order valence-corrected chi connectivity index (χ4v) is 4.05. The lowest BCUT2D eigenvalue weighted by molar-refractivity contribution is -0.114. The van der Waals surface area contributed by atoms with Gasteiger partial charge >= 0.3 is 0 Å². The van der Waals surface area contributed by atoms with Gasteiger partial charge in [0, 0.05) is 47.0 Å². The van der Waals surface area contributed by atoms with Crippen LogP contribution in [-0.4, -0.2) is 25.0 Å². The van der Waals surface area contributed by atoms with Crippen molar-refractivity contribution < 1.29 is 23.5 Å². The van der Waals surface area contributed by atoms with Crippen molar-refractivity contribution in [1.82, 2.24) is 0 Å². The molecule has 4 aromatic rings. The maximum atomic E-state index is 12.8. The first-order valence-corrected chi connectivity index (χ1v) is 12.2. The largest absolute Gasteiger partial charge is 0.494 e. The number of furan rings is 1. The molecule has 0 aliphatic rings. The lowest BCUT2D eigenvalue weighted by Crippen LogP contribution is -2.09. The minimum atomic E-state index is -0.272. The number of benzene rings is 3. The number of amides is 2. The molecule has 0 spiro atoms. The smallest absolute Gasteiger partial charge is 0.248 e. The Morgan fingerprint density at radius 3 is 2.14 bits per heavy atom. The van der Waals surface area contributed by atoms with Gasteiger partial charge in [0.25, 0.3) is 0 Å². The Hall–Kier alpha value is -4.52. The Morgan fingerprint density at radius 1 is 0.865 bits per heavy atom. The number of hydrogen-bond donors (Lipinski definition) is 2. The fourth-order valence-electron chi connectivity index (χ4n) is 4.05. The predicted molar refractivity (Wildman–Crippen MR) is 147 cm³/mol. The molecule has 0 bridgehead atoms. The molecule has 0 aliphatic carbocycles. The highest BCUT2D eigenvalue weighted by Gasteiger charge is 2.15. The van der Waals surface area contributed by atoms with Gasteiger partial charge in [0.1, 0.15) is 17.1 Å². The molecule has 0 saturated heterocycles. The summed E-state index contributed by atoms with van der Waals surface area (Å²) in [6.45, 7) is 8.28. The third-order valence-corrected chi connectivity index (χ3v) is 5.70. The van der Waals surface area contributed by atoms with Gasteiger partial charge in [0.15, 0.2) is 0 Å². The minimum Gasteiger partial charge on any atom is -0.494 e. The van der Waals surface area contributed by atoms with Gasteiger partial charge in [0.05, 0.1) is 19.5 Å². The van der Waals surface area contributed by atoms with Gasteiger partial charge in [-0.25, -0.2) is 0 Å². The molecule has 0 saturated carbocycles. The van der Waals surface area contributed by atoms with Crippen molar-refractivity contribution in [3.63, 3.8) is 0 Å². The molecule has 4 rings (SSSR count). The molecular weight excluding hydrogens is 468 g/mol. The summed E-state index contributed by atoms with van der Waals surface area (Å²) in [5.41, 5.74) is 5.48. The second-order valence-electron chi connectivity index (χ2n) is 8.46. The highest BCUT2D eigenvalue weighted by molar-refractivity contribution is 6.05. The summed E-state index contributed by atoms with van der Waals surface area (Å²) in [5.74, 6) is 1.03. The molecule has 0 fully saturated rings. The van der Waals surface area contributed by atoms with Crippen LogP contribution in [0, 0.1) is 0 Å². The molecule has 2 amide bonds. The van der Waals surface area contributed by atoms with Crippen LogP contribution in [0.4, 0.5) is 11.4 Å². The maximum Gasteiger partial charge on any atom is 0.248 e. The number of anilines is 2. The Kier molecular flexibility index (Phi) is 7.93. The van der Waals surface area contributed by atoms with E-state index >= 15 is 0 Å². The van der Waals surface area contributed by atoms with Crippen LogP contribution in [0.3, 0.4) is 0 Å². The average Bonchev–Trinajstić information content (AvgIpc) is 3.28. The first-order chi connectivity index (χ1) is 17.9. The van der Waals surface area contributed by atoms with Crippen LogP contribution >= 0.6 is 0 Å². The molecule has 0 aliphatic heterocycles. The van der Waals surface area contributed by atoms with Crippen LogP contribution in [-0.2, 0) is 9.59 Å². The number of ether oxygens (including phenoxy) is 2. The van der Waals surface area contributed by atoms with Gasteiger partial charge in [-0.15, -0.1) is 0 Å². The fraction of sp³-hybridized carbons (Fsp3) is 0.200. The third kappa shape index (κ3) is 6.19. The summed E-state index contributed by atoms with van der Waals surface area (Å²) in [4.78, 5) is 24.0. The molecule has 0 radical (unpaired) electrons. The van der Waals surface area contributed by atoms with Gasteiger partial charge in [-0.3, -0.25) is 9.59 Å². The number of fused-ring (bicyclic) bond motifs is 1. The van der Waals surface area contributed by atoms with E-state index < -0.39 is 0 Å². The van der Waals surface area contributed by atoms with E-state index in [-0.39, 0.29) is 11.8 Å². The molecule has 2 N–H and O–H groups in total. The van der Waals surface area contributed by atoms with E-state index in [1.54, 1.807) is 36.6 Å². The van der Waals surface area contributed by atoms with E-state index in [0.717, 1.165) is 33.4 Å². The zero-order valence-electron chi connectivity index (χ0n) is 21.4. The van der Waals surface area contributed by atoms with Crippen molar-refractivity contribution in [1.29, 1.82) is 0 Å². The summed E-state index contributed by atoms with van der Waals surface area (Å²) in [6, 6.07) is 18.7. The van der Waals surface area contributed by atoms with E-state index in [1.165, 1.54) is 6.92 Å². The molecule has 0 atom stereocenters. The summed E-state index contributed by atoms with van der Waals surface area (Å²) < 4.78 is 17.3. The van der Waals surface area contributed by atoms with E-state index in [2.05, 4.69) is 10.6 Å². The van der Waals surface area contributed by atoms with E-state index in [9.17, 15) is 9.59 Å². The lowest BCUT2D eigenvalue weighted by atomic mass is 9.99. The lowest BCUT2D eigenvalue weighted by Gasteiger charge is -2.12. The number of carbonyl (C=O) groups is 2. The summed E-state index contributed by atoms with van der Waals surface area (Å²) in [5, 5.41) is 6.48. The highest BCUT2D eigenvalue weighted by atomic mass is 16.5. The summed E-state index contributed by atoms with van der Waals surface area (Å²) in [6.07, 6.45) is 3.28.